The van der Waals surface area contributed by atoms with Gasteiger partial charge >= 0.3 is 11.9 Å². The molecular formula is C16H26I2O6. The van der Waals surface area contributed by atoms with E-state index in [1.807, 2.05) is 6.92 Å². The highest BCUT2D eigenvalue weighted by atomic mass is 128. The summed E-state index contributed by atoms with van der Waals surface area (Å²) < 4.78 is 4.93. The summed E-state index contributed by atoms with van der Waals surface area (Å²) in [5.41, 5.74) is 0. The molecule has 0 unspecified atom stereocenters. The zero-order chi connectivity index (χ0) is 18.8. The number of aliphatic carboxylic acids is 1. The van der Waals surface area contributed by atoms with E-state index in [1.165, 1.54) is 0 Å². The van der Waals surface area contributed by atoms with Gasteiger partial charge in [0.2, 0.25) is 0 Å². The molecule has 0 aromatic heterocycles. The Morgan fingerprint density at radius 2 is 1.42 bits per heavy atom. The number of carbonyl (C=O) groups is 4. The minimum atomic E-state index is -0.981. The Balaban J connectivity index is 0. The van der Waals surface area contributed by atoms with Crippen molar-refractivity contribution >= 4 is 60.7 Å². The standard InChI is InChI=1S/C16H26O6.I2/c1-2-3-4-8-14(18)12-16(21)22-11-6-5-7-13(17)9-10-15(19)20;1-2/h2-12H2,1H3,(H,19,20);. The number of hydrogen-bond donors (Lipinski definition) is 1. The number of Topliss-reactive ketones (excluding diaryl/α,β-unsaturated/α-hetero) is 2. The second kappa shape index (κ2) is 19.1. The summed E-state index contributed by atoms with van der Waals surface area (Å²) in [7, 11) is 0. The monoisotopic (exact) mass is 568 g/mol. The Hall–Kier alpha value is -0.260. The first kappa shape index (κ1) is 26.0. The van der Waals surface area contributed by atoms with E-state index < -0.39 is 11.9 Å². The van der Waals surface area contributed by atoms with E-state index in [0.29, 0.717) is 25.7 Å². The van der Waals surface area contributed by atoms with E-state index in [2.05, 4.69) is 37.2 Å². The van der Waals surface area contributed by atoms with Gasteiger partial charge in [-0.05, 0) is 19.3 Å². The summed E-state index contributed by atoms with van der Waals surface area (Å²) in [5.74, 6) is -1.69. The van der Waals surface area contributed by atoms with E-state index in [1.54, 1.807) is 0 Å². The van der Waals surface area contributed by atoms with Crippen molar-refractivity contribution in [3.05, 3.63) is 0 Å². The minimum Gasteiger partial charge on any atom is -0.481 e. The molecule has 24 heavy (non-hydrogen) atoms. The smallest absolute Gasteiger partial charge is 0.313 e. The van der Waals surface area contributed by atoms with Crippen LogP contribution in [0.5, 0.6) is 0 Å². The highest BCUT2D eigenvalue weighted by molar-refractivity contribution is 15.0. The fourth-order valence-corrected chi connectivity index (χ4v) is 1.85. The van der Waals surface area contributed by atoms with Gasteiger partial charge in [-0.15, -0.1) is 0 Å². The maximum Gasteiger partial charge on any atom is 0.313 e. The van der Waals surface area contributed by atoms with Crippen LogP contribution >= 0.6 is 37.2 Å². The van der Waals surface area contributed by atoms with Crippen LogP contribution in [-0.2, 0) is 23.9 Å². The molecule has 0 aliphatic rings. The van der Waals surface area contributed by atoms with Gasteiger partial charge in [-0.2, -0.15) is 0 Å². The second-order valence-corrected chi connectivity index (χ2v) is 5.28. The molecule has 0 heterocycles. The number of ether oxygens (including phenoxy) is 1. The van der Waals surface area contributed by atoms with Crippen molar-refractivity contribution in [2.75, 3.05) is 6.61 Å². The zero-order valence-corrected chi connectivity index (χ0v) is 18.3. The average Bonchev–Trinajstić information content (AvgIpc) is 2.54. The van der Waals surface area contributed by atoms with Crippen molar-refractivity contribution in [3.8, 4) is 0 Å². The molecule has 8 heteroatoms. The second-order valence-electron chi connectivity index (χ2n) is 5.28. The number of unbranched alkanes of at least 4 members (excludes halogenated alkanes) is 3. The van der Waals surface area contributed by atoms with Crippen LogP contribution in [0.15, 0.2) is 0 Å². The molecule has 0 fully saturated rings. The number of carboxylic acids is 1. The number of halogens is 2. The molecule has 6 nitrogen and oxygen atoms in total. The van der Waals surface area contributed by atoms with Crippen LogP contribution in [0.4, 0.5) is 0 Å². The third-order valence-corrected chi connectivity index (χ3v) is 3.13. The van der Waals surface area contributed by atoms with Gasteiger partial charge in [-0.25, -0.2) is 0 Å². The molecule has 0 aromatic carbocycles. The largest absolute Gasteiger partial charge is 0.481 e. The average molecular weight is 568 g/mol. The summed E-state index contributed by atoms with van der Waals surface area (Å²) in [6.45, 7) is 2.23. The molecule has 0 saturated carbocycles. The number of ketones is 2. The van der Waals surface area contributed by atoms with Gasteiger partial charge in [0.15, 0.2) is 0 Å². The van der Waals surface area contributed by atoms with Crippen LogP contribution < -0.4 is 0 Å². The topological polar surface area (TPSA) is 97.7 Å². The fraction of sp³-hybridized carbons (Fsp3) is 0.750. The summed E-state index contributed by atoms with van der Waals surface area (Å²) in [6, 6.07) is 0. The summed E-state index contributed by atoms with van der Waals surface area (Å²) in [5, 5.41) is 8.44. The zero-order valence-electron chi connectivity index (χ0n) is 14.0. The molecule has 0 amide bonds. The van der Waals surface area contributed by atoms with Gasteiger partial charge in [-0.1, -0.05) is 19.8 Å². The van der Waals surface area contributed by atoms with Crippen LogP contribution in [-0.4, -0.2) is 35.2 Å². The van der Waals surface area contributed by atoms with Crippen LogP contribution in [0.25, 0.3) is 0 Å². The Labute approximate surface area is 166 Å². The van der Waals surface area contributed by atoms with Crippen molar-refractivity contribution in [2.24, 2.45) is 0 Å². The van der Waals surface area contributed by atoms with Crippen LogP contribution in [0.2, 0.25) is 0 Å². The molecule has 0 aromatic rings. The van der Waals surface area contributed by atoms with E-state index in [4.69, 9.17) is 9.84 Å². The molecule has 0 rings (SSSR count). The first-order valence-corrected chi connectivity index (χ1v) is 14.3. The Kier molecular flexibility index (Phi) is 20.6. The summed E-state index contributed by atoms with van der Waals surface area (Å²) in [6.07, 6.45) is 4.34. The van der Waals surface area contributed by atoms with Crippen molar-refractivity contribution < 1.29 is 29.0 Å². The molecule has 0 atom stereocenters. The van der Waals surface area contributed by atoms with Crippen LogP contribution in [0.3, 0.4) is 0 Å². The fourth-order valence-electron chi connectivity index (χ4n) is 1.85. The number of hydrogen-bond acceptors (Lipinski definition) is 5. The van der Waals surface area contributed by atoms with Gasteiger partial charge in [0, 0.05) is 56.5 Å². The number of carbonyl (C=O) groups excluding carboxylic acids is 3. The first-order chi connectivity index (χ1) is 11.5. The molecule has 0 aliphatic carbocycles. The van der Waals surface area contributed by atoms with Crippen LogP contribution in [0, 0.1) is 0 Å². The lowest BCUT2D eigenvalue weighted by Crippen LogP contribution is -2.12. The molecule has 0 bridgehead atoms. The molecule has 0 saturated heterocycles. The quantitative estimate of drug-likeness (QED) is 0.144. The molecule has 0 aliphatic heterocycles. The lowest BCUT2D eigenvalue weighted by atomic mass is 10.1. The van der Waals surface area contributed by atoms with Crippen molar-refractivity contribution in [3.63, 3.8) is 0 Å². The van der Waals surface area contributed by atoms with Gasteiger partial charge in [0.25, 0.3) is 0 Å². The maximum absolute atomic E-state index is 11.4. The van der Waals surface area contributed by atoms with E-state index in [-0.39, 0.29) is 37.4 Å². The van der Waals surface area contributed by atoms with E-state index in [0.717, 1.165) is 19.3 Å². The van der Waals surface area contributed by atoms with Gasteiger partial charge in [-0.3, -0.25) is 19.2 Å². The highest BCUT2D eigenvalue weighted by Gasteiger charge is 2.10. The summed E-state index contributed by atoms with van der Waals surface area (Å²) in [4.78, 5) is 44.4. The lowest BCUT2D eigenvalue weighted by Gasteiger charge is -2.04. The van der Waals surface area contributed by atoms with Crippen LogP contribution in [0.1, 0.15) is 71.1 Å². The van der Waals surface area contributed by atoms with Gasteiger partial charge in [0.1, 0.15) is 18.0 Å². The molecule has 140 valence electrons. The third kappa shape index (κ3) is 19.8. The SMILES string of the molecule is CCCCCC(=O)CC(=O)OCCCCC(=O)CCC(=O)O.II. The van der Waals surface area contributed by atoms with E-state index >= 15 is 0 Å². The van der Waals surface area contributed by atoms with E-state index in [9.17, 15) is 19.2 Å². The predicted molar refractivity (Wildman–Crippen MR) is 108 cm³/mol. The number of carboxylic acid groups (broad SMARTS) is 1. The Bertz CT molecular complexity index is 385. The third-order valence-electron chi connectivity index (χ3n) is 3.13. The van der Waals surface area contributed by atoms with Crippen molar-refractivity contribution in [2.45, 2.75) is 71.1 Å². The Morgan fingerprint density at radius 1 is 0.833 bits per heavy atom. The molecule has 0 spiro atoms. The minimum absolute atomic E-state index is 0.0430. The van der Waals surface area contributed by atoms with Gasteiger partial charge < -0.3 is 9.84 Å². The van der Waals surface area contributed by atoms with Gasteiger partial charge in [0.05, 0.1) is 13.0 Å². The maximum atomic E-state index is 11.4. The molecule has 1 N–H and O–H groups in total. The lowest BCUT2D eigenvalue weighted by molar-refractivity contribution is -0.146. The predicted octanol–water partition coefficient (Wildman–Crippen LogP) is 4.44. The van der Waals surface area contributed by atoms with Crippen molar-refractivity contribution in [1.82, 2.24) is 0 Å². The highest BCUT2D eigenvalue weighted by Crippen LogP contribution is 2.05. The summed E-state index contributed by atoms with van der Waals surface area (Å²) >= 11 is 4.24. The molecular weight excluding hydrogens is 542 g/mol. The number of esters is 1. The first-order valence-electron chi connectivity index (χ1n) is 8.00. The number of rotatable bonds is 14. The molecule has 0 radical (unpaired) electrons. The van der Waals surface area contributed by atoms with Crippen molar-refractivity contribution in [1.29, 1.82) is 0 Å². The normalized spacial score (nSPS) is 9.62. The Morgan fingerprint density at radius 3 is 2.00 bits per heavy atom.